The topological polar surface area (TPSA) is 112 Å². The summed E-state index contributed by atoms with van der Waals surface area (Å²) in [7, 11) is 0. The lowest BCUT2D eigenvalue weighted by atomic mass is 9.96. The van der Waals surface area contributed by atoms with Crippen LogP contribution in [0.15, 0.2) is 53.3 Å². The Labute approximate surface area is 204 Å². The molecule has 3 heterocycles. The Morgan fingerprint density at radius 1 is 1.18 bits per heavy atom. The number of amides is 2. The quantitative estimate of drug-likeness (QED) is 0.431. The Morgan fingerprint density at radius 3 is 2.64 bits per heavy atom. The van der Waals surface area contributed by atoms with E-state index in [9.17, 15) is 9.59 Å². The minimum absolute atomic E-state index is 0.0227. The molecule has 0 atom stereocenters. The van der Waals surface area contributed by atoms with Crippen LogP contribution in [-0.4, -0.2) is 46.8 Å². The molecule has 2 aromatic heterocycles. The molecular formula is C22H22BrClN6O3. The molecule has 1 saturated heterocycles. The molecule has 0 aliphatic carbocycles. The van der Waals surface area contributed by atoms with Crippen LogP contribution in [0.2, 0.25) is 5.02 Å². The zero-order valence-electron chi connectivity index (χ0n) is 17.6. The van der Waals surface area contributed by atoms with Crippen molar-refractivity contribution in [2.24, 2.45) is 5.92 Å². The van der Waals surface area contributed by atoms with E-state index in [0.717, 1.165) is 31.6 Å². The second-order valence-corrected chi connectivity index (χ2v) is 8.76. The fraction of sp³-hybridized carbons (Fsp3) is 0.273. The predicted molar refractivity (Wildman–Crippen MR) is 129 cm³/mol. The molecule has 1 fully saturated rings. The molecule has 1 aromatic carbocycles. The molecule has 4 rings (SSSR count). The first-order valence-electron chi connectivity index (χ1n) is 10.4. The van der Waals surface area contributed by atoms with Crippen molar-refractivity contribution in [2.45, 2.75) is 12.8 Å². The van der Waals surface area contributed by atoms with Gasteiger partial charge in [0.05, 0.1) is 10.6 Å². The second kappa shape index (κ2) is 10.7. The summed E-state index contributed by atoms with van der Waals surface area (Å²) in [5.41, 5.74) is 1.48. The summed E-state index contributed by atoms with van der Waals surface area (Å²) >= 11 is 9.36. The molecular weight excluding hydrogens is 512 g/mol. The van der Waals surface area contributed by atoms with Crippen LogP contribution in [0.5, 0.6) is 5.88 Å². The smallest absolute Gasteiger partial charge is 0.388 e. The van der Waals surface area contributed by atoms with Crippen molar-refractivity contribution in [1.29, 1.82) is 0 Å². The number of H-pyrrole nitrogens is 1. The average molecular weight is 534 g/mol. The van der Waals surface area contributed by atoms with E-state index >= 15 is 0 Å². The van der Waals surface area contributed by atoms with Crippen LogP contribution in [0.25, 0.3) is 0 Å². The van der Waals surface area contributed by atoms with Crippen LogP contribution in [0.4, 0.5) is 16.3 Å². The van der Waals surface area contributed by atoms with Gasteiger partial charge in [-0.25, -0.2) is 4.79 Å². The zero-order chi connectivity index (χ0) is 23.2. The van der Waals surface area contributed by atoms with E-state index in [0.29, 0.717) is 27.5 Å². The molecule has 0 radical (unpaired) electrons. The molecule has 33 heavy (non-hydrogen) atoms. The fourth-order valence-corrected chi connectivity index (χ4v) is 4.17. The number of benzene rings is 1. The van der Waals surface area contributed by atoms with E-state index in [1.54, 1.807) is 36.7 Å². The minimum Gasteiger partial charge on any atom is -0.388 e. The number of piperidine rings is 1. The van der Waals surface area contributed by atoms with E-state index in [-0.39, 0.29) is 11.7 Å². The van der Waals surface area contributed by atoms with Crippen molar-refractivity contribution < 1.29 is 14.3 Å². The lowest BCUT2D eigenvalue weighted by Crippen LogP contribution is -2.39. The maximum absolute atomic E-state index is 12.4. The van der Waals surface area contributed by atoms with Crippen molar-refractivity contribution in [3.8, 4) is 5.88 Å². The third kappa shape index (κ3) is 5.82. The summed E-state index contributed by atoms with van der Waals surface area (Å²) in [4.78, 5) is 31.0. The van der Waals surface area contributed by atoms with Crippen molar-refractivity contribution in [1.82, 2.24) is 20.5 Å². The van der Waals surface area contributed by atoms with Crippen molar-refractivity contribution >= 4 is 51.0 Å². The Bertz CT molecular complexity index is 1120. The number of rotatable bonds is 6. The molecule has 1 aliphatic heterocycles. The average Bonchev–Trinajstić information content (AvgIpc) is 3.17. The van der Waals surface area contributed by atoms with Crippen LogP contribution in [-0.2, 0) is 0 Å². The van der Waals surface area contributed by atoms with Crippen LogP contribution >= 0.6 is 27.5 Å². The summed E-state index contributed by atoms with van der Waals surface area (Å²) in [5.74, 6) is 0.225. The Kier molecular flexibility index (Phi) is 7.46. The number of pyridine rings is 1. The van der Waals surface area contributed by atoms with Crippen LogP contribution < -0.4 is 20.3 Å². The van der Waals surface area contributed by atoms with Gasteiger partial charge in [-0.1, -0.05) is 23.7 Å². The monoisotopic (exact) mass is 532 g/mol. The van der Waals surface area contributed by atoms with Crippen molar-refractivity contribution in [3.05, 3.63) is 63.9 Å². The maximum Gasteiger partial charge on any atom is 0.414 e. The summed E-state index contributed by atoms with van der Waals surface area (Å²) in [6.45, 7) is 2.36. The molecule has 0 unspecified atom stereocenters. The summed E-state index contributed by atoms with van der Waals surface area (Å²) in [6, 6.07) is 10.7. The van der Waals surface area contributed by atoms with Gasteiger partial charge in [0.25, 0.3) is 11.8 Å². The standard InChI is InChI=1S/C22H22BrClN6O3/c23-18-19(27-20(31)16-3-1-2-4-17(16)24)28-29-21(18)33-22(32)26-13-14-7-11-30(12-8-14)15-5-9-25-10-6-15/h1-6,9-10,14H,7-8,11-13H2,(H,26,32)(H2,27,28,29,31). The van der Waals surface area contributed by atoms with Crippen LogP contribution in [0, 0.1) is 5.92 Å². The van der Waals surface area contributed by atoms with Gasteiger partial charge in [-0.3, -0.25) is 14.9 Å². The molecule has 172 valence electrons. The first-order chi connectivity index (χ1) is 16.0. The molecule has 0 bridgehead atoms. The molecule has 11 heteroatoms. The van der Waals surface area contributed by atoms with Gasteiger partial charge in [0, 0.05) is 37.7 Å². The highest BCUT2D eigenvalue weighted by molar-refractivity contribution is 9.10. The number of aromatic amines is 1. The maximum atomic E-state index is 12.4. The van der Waals surface area contributed by atoms with Gasteiger partial charge in [0.1, 0.15) is 10.3 Å². The summed E-state index contributed by atoms with van der Waals surface area (Å²) in [5, 5.41) is 12.4. The number of hydrogen-bond acceptors (Lipinski definition) is 6. The van der Waals surface area contributed by atoms with Crippen molar-refractivity contribution in [3.63, 3.8) is 0 Å². The van der Waals surface area contributed by atoms with Gasteiger partial charge in [-0.05, 0) is 59.0 Å². The number of ether oxygens (including phenoxy) is 1. The van der Waals surface area contributed by atoms with Gasteiger partial charge in [-0.2, -0.15) is 0 Å². The lowest BCUT2D eigenvalue weighted by Gasteiger charge is -2.33. The highest BCUT2D eigenvalue weighted by atomic mass is 79.9. The number of carbonyl (C=O) groups is 2. The molecule has 2 amide bonds. The van der Waals surface area contributed by atoms with Gasteiger partial charge < -0.3 is 20.3 Å². The van der Waals surface area contributed by atoms with E-state index in [1.807, 2.05) is 12.1 Å². The normalized spacial score (nSPS) is 14.1. The highest BCUT2D eigenvalue weighted by Crippen LogP contribution is 2.30. The SMILES string of the molecule is O=C(NCC1CCN(c2ccncc2)CC1)Oc1n[nH]c(NC(=O)c2ccccc2Cl)c1Br. The van der Waals surface area contributed by atoms with Crippen molar-refractivity contribution in [2.75, 3.05) is 29.9 Å². The highest BCUT2D eigenvalue weighted by Gasteiger charge is 2.22. The number of carbonyl (C=O) groups excluding carboxylic acids is 2. The van der Waals surface area contributed by atoms with E-state index in [1.165, 1.54) is 0 Å². The van der Waals surface area contributed by atoms with E-state index < -0.39 is 12.0 Å². The fourth-order valence-electron chi connectivity index (χ4n) is 3.59. The Balaban J connectivity index is 1.24. The lowest BCUT2D eigenvalue weighted by molar-refractivity contribution is 0.102. The second-order valence-electron chi connectivity index (χ2n) is 7.56. The summed E-state index contributed by atoms with van der Waals surface area (Å²) < 4.78 is 5.61. The molecule has 0 spiro atoms. The minimum atomic E-state index is -0.609. The Morgan fingerprint density at radius 2 is 1.91 bits per heavy atom. The molecule has 3 aromatic rings. The van der Waals surface area contributed by atoms with E-state index in [2.05, 4.69) is 46.6 Å². The van der Waals surface area contributed by atoms with Crippen LogP contribution in [0.1, 0.15) is 23.2 Å². The number of halogens is 2. The van der Waals surface area contributed by atoms with Gasteiger partial charge in [0.15, 0.2) is 0 Å². The number of hydrogen-bond donors (Lipinski definition) is 3. The Hall–Kier alpha value is -3.11. The molecule has 1 aliphatic rings. The number of aromatic nitrogens is 3. The predicted octanol–water partition coefficient (Wildman–Crippen LogP) is 4.48. The molecule has 0 saturated carbocycles. The van der Waals surface area contributed by atoms with Gasteiger partial charge in [-0.15, -0.1) is 5.10 Å². The molecule has 3 N–H and O–H groups in total. The number of nitrogens with zero attached hydrogens (tertiary/aromatic N) is 3. The third-order valence-electron chi connectivity index (χ3n) is 5.40. The summed E-state index contributed by atoms with van der Waals surface area (Å²) in [6.07, 6.45) is 4.90. The van der Waals surface area contributed by atoms with Gasteiger partial charge >= 0.3 is 6.09 Å². The van der Waals surface area contributed by atoms with Gasteiger partial charge in [0.2, 0.25) is 0 Å². The largest absolute Gasteiger partial charge is 0.414 e. The molecule has 9 nitrogen and oxygen atoms in total. The number of anilines is 2. The zero-order valence-corrected chi connectivity index (χ0v) is 19.9. The third-order valence-corrected chi connectivity index (χ3v) is 6.47. The number of nitrogens with one attached hydrogen (secondary N) is 3. The first kappa shape index (κ1) is 23.1. The first-order valence-corrected chi connectivity index (χ1v) is 11.6. The van der Waals surface area contributed by atoms with Crippen LogP contribution in [0.3, 0.4) is 0 Å². The van der Waals surface area contributed by atoms with E-state index in [4.69, 9.17) is 16.3 Å².